The van der Waals surface area contributed by atoms with Crippen molar-refractivity contribution < 1.29 is 19.0 Å². The molecular weight excluding hydrogens is 296 g/mol. The van der Waals surface area contributed by atoms with Crippen molar-refractivity contribution in [2.75, 3.05) is 33.9 Å². The van der Waals surface area contributed by atoms with Gasteiger partial charge in [0, 0.05) is 25.2 Å². The Morgan fingerprint density at radius 2 is 2.24 bits per heavy atom. The van der Waals surface area contributed by atoms with Crippen LogP contribution >= 0.6 is 12.4 Å². The third-order valence-corrected chi connectivity index (χ3v) is 3.16. The number of hydrogen-bond donors (Lipinski definition) is 2. The fourth-order valence-electron chi connectivity index (χ4n) is 2.05. The summed E-state index contributed by atoms with van der Waals surface area (Å²) in [6, 6.07) is 5.48. The van der Waals surface area contributed by atoms with E-state index in [2.05, 4.69) is 10.6 Å². The second-order valence-electron chi connectivity index (χ2n) is 4.46. The van der Waals surface area contributed by atoms with Gasteiger partial charge in [-0.05, 0) is 18.2 Å². The number of rotatable bonds is 5. The summed E-state index contributed by atoms with van der Waals surface area (Å²) in [6.45, 7) is 2.26. The van der Waals surface area contributed by atoms with Gasteiger partial charge in [-0.1, -0.05) is 0 Å². The van der Waals surface area contributed by atoms with Gasteiger partial charge in [-0.2, -0.15) is 0 Å². The minimum atomic E-state index is -0.430. The van der Waals surface area contributed by atoms with Crippen molar-refractivity contribution in [2.24, 2.45) is 0 Å². The Kier molecular flexibility index (Phi) is 7.28. The van der Waals surface area contributed by atoms with Gasteiger partial charge in [0.05, 0.1) is 20.8 Å². The number of morpholine rings is 1. The molecule has 118 valence electrons. The highest BCUT2D eigenvalue weighted by Gasteiger charge is 2.21. The summed E-state index contributed by atoms with van der Waals surface area (Å²) >= 11 is 0. The first-order valence-electron chi connectivity index (χ1n) is 6.55. The lowest BCUT2D eigenvalue weighted by molar-refractivity contribution is -0.134. The third kappa shape index (κ3) is 4.77. The van der Waals surface area contributed by atoms with Crippen LogP contribution in [0.4, 0.5) is 0 Å². The minimum absolute atomic E-state index is 0. The first-order chi connectivity index (χ1) is 9.74. The van der Waals surface area contributed by atoms with Gasteiger partial charge in [0.15, 0.2) is 0 Å². The predicted molar refractivity (Wildman–Crippen MR) is 81.3 cm³/mol. The number of ether oxygens (including phenoxy) is 3. The van der Waals surface area contributed by atoms with E-state index >= 15 is 0 Å². The zero-order chi connectivity index (χ0) is 14.4. The van der Waals surface area contributed by atoms with E-state index in [9.17, 15) is 4.79 Å². The zero-order valence-corrected chi connectivity index (χ0v) is 13.0. The highest BCUT2D eigenvalue weighted by atomic mass is 35.5. The van der Waals surface area contributed by atoms with Crippen molar-refractivity contribution in [3.63, 3.8) is 0 Å². The van der Waals surface area contributed by atoms with Crippen LogP contribution < -0.4 is 20.1 Å². The highest BCUT2D eigenvalue weighted by Crippen LogP contribution is 2.23. The Hall–Kier alpha value is -1.50. The smallest absolute Gasteiger partial charge is 0.250 e. The number of benzene rings is 1. The lowest BCUT2D eigenvalue weighted by atomic mass is 10.1. The molecule has 1 aromatic rings. The molecule has 0 radical (unpaired) electrons. The molecule has 1 fully saturated rings. The average molecular weight is 317 g/mol. The lowest BCUT2D eigenvalue weighted by Gasteiger charge is -2.23. The first kappa shape index (κ1) is 17.6. The maximum atomic E-state index is 12.0. The molecular formula is C14H21ClN2O4. The number of amides is 1. The van der Waals surface area contributed by atoms with Crippen LogP contribution in [-0.2, 0) is 16.1 Å². The fraction of sp³-hybridized carbons (Fsp3) is 0.500. The van der Waals surface area contributed by atoms with Crippen LogP contribution in [0.15, 0.2) is 18.2 Å². The van der Waals surface area contributed by atoms with Gasteiger partial charge in [0.1, 0.15) is 17.6 Å². The highest BCUT2D eigenvalue weighted by molar-refractivity contribution is 5.85. The quantitative estimate of drug-likeness (QED) is 0.838. The number of methoxy groups -OCH3 is 2. The molecule has 6 nitrogen and oxygen atoms in total. The van der Waals surface area contributed by atoms with E-state index in [0.717, 1.165) is 17.9 Å². The third-order valence-electron chi connectivity index (χ3n) is 3.16. The van der Waals surface area contributed by atoms with E-state index in [1.807, 2.05) is 18.2 Å². The molecule has 1 amide bonds. The van der Waals surface area contributed by atoms with Crippen molar-refractivity contribution >= 4 is 18.3 Å². The van der Waals surface area contributed by atoms with Crippen molar-refractivity contribution in [1.82, 2.24) is 10.6 Å². The summed E-state index contributed by atoms with van der Waals surface area (Å²) in [4.78, 5) is 12.0. The SMILES string of the molecule is COc1ccc(OC)c(CNC(=O)C2CNCCO2)c1.Cl. The van der Waals surface area contributed by atoms with Gasteiger partial charge in [0.2, 0.25) is 0 Å². The fourth-order valence-corrected chi connectivity index (χ4v) is 2.05. The van der Waals surface area contributed by atoms with Crippen molar-refractivity contribution in [1.29, 1.82) is 0 Å². The van der Waals surface area contributed by atoms with E-state index in [-0.39, 0.29) is 18.3 Å². The number of hydrogen-bond acceptors (Lipinski definition) is 5. The monoisotopic (exact) mass is 316 g/mol. The summed E-state index contributed by atoms with van der Waals surface area (Å²) < 4.78 is 15.8. The van der Waals surface area contributed by atoms with Crippen LogP contribution in [0.5, 0.6) is 11.5 Å². The molecule has 2 N–H and O–H groups in total. The molecule has 1 atom stereocenters. The molecule has 21 heavy (non-hydrogen) atoms. The largest absolute Gasteiger partial charge is 0.497 e. The maximum absolute atomic E-state index is 12.0. The maximum Gasteiger partial charge on any atom is 0.250 e. The van der Waals surface area contributed by atoms with Crippen molar-refractivity contribution in [2.45, 2.75) is 12.6 Å². The minimum Gasteiger partial charge on any atom is -0.497 e. The average Bonchev–Trinajstić information content (AvgIpc) is 2.53. The van der Waals surface area contributed by atoms with Crippen LogP contribution in [0.3, 0.4) is 0 Å². The Balaban J connectivity index is 0.00000220. The standard InChI is InChI=1S/C14H20N2O4.ClH/c1-18-11-3-4-12(19-2)10(7-11)8-16-14(17)13-9-15-5-6-20-13;/h3-4,7,13,15H,5-6,8-9H2,1-2H3,(H,16,17);1H. The van der Waals surface area contributed by atoms with Crippen LogP contribution in [0.25, 0.3) is 0 Å². The van der Waals surface area contributed by atoms with Crippen molar-refractivity contribution in [3.8, 4) is 11.5 Å². The molecule has 1 heterocycles. The van der Waals surface area contributed by atoms with Crippen LogP contribution in [0.1, 0.15) is 5.56 Å². The second kappa shape index (κ2) is 8.71. The first-order valence-corrected chi connectivity index (χ1v) is 6.55. The van der Waals surface area contributed by atoms with E-state index in [4.69, 9.17) is 14.2 Å². The Morgan fingerprint density at radius 1 is 1.43 bits per heavy atom. The van der Waals surface area contributed by atoms with Gasteiger partial charge in [0.25, 0.3) is 5.91 Å². The number of halogens is 1. The molecule has 0 spiro atoms. The molecule has 0 aromatic heterocycles. The molecule has 2 rings (SSSR count). The van der Waals surface area contributed by atoms with E-state index in [1.54, 1.807) is 14.2 Å². The van der Waals surface area contributed by atoms with E-state index < -0.39 is 6.10 Å². The summed E-state index contributed by atoms with van der Waals surface area (Å²) in [5.41, 5.74) is 0.865. The number of carbonyl (C=O) groups excluding carboxylic acids is 1. The summed E-state index contributed by atoms with van der Waals surface area (Å²) in [5.74, 6) is 1.32. The molecule has 1 unspecified atom stereocenters. The Morgan fingerprint density at radius 3 is 2.86 bits per heavy atom. The molecule has 1 aromatic carbocycles. The van der Waals surface area contributed by atoms with Crippen molar-refractivity contribution in [3.05, 3.63) is 23.8 Å². The van der Waals surface area contributed by atoms with Gasteiger partial charge >= 0.3 is 0 Å². The van der Waals surface area contributed by atoms with Crippen LogP contribution in [0.2, 0.25) is 0 Å². The molecule has 1 saturated heterocycles. The van der Waals surface area contributed by atoms with E-state index in [1.165, 1.54) is 0 Å². The second-order valence-corrected chi connectivity index (χ2v) is 4.46. The molecule has 0 bridgehead atoms. The molecule has 1 aliphatic rings. The molecule has 0 saturated carbocycles. The van der Waals surface area contributed by atoms with Crippen LogP contribution in [0, 0.1) is 0 Å². The molecule has 0 aliphatic carbocycles. The molecule has 1 aliphatic heterocycles. The Bertz CT molecular complexity index is 464. The summed E-state index contributed by atoms with van der Waals surface area (Å²) in [5, 5.41) is 5.98. The normalized spacial score (nSPS) is 17.5. The zero-order valence-electron chi connectivity index (χ0n) is 12.2. The van der Waals surface area contributed by atoms with Gasteiger partial charge in [-0.3, -0.25) is 4.79 Å². The van der Waals surface area contributed by atoms with Gasteiger partial charge in [-0.25, -0.2) is 0 Å². The lowest BCUT2D eigenvalue weighted by Crippen LogP contribution is -2.47. The van der Waals surface area contributed by atoms with E-state index in [0.29, 0.717) is 25.4 Å². The number of carbonyl (C=O) groups is 1. The van der Waals surface area contributed by atoms with Gasteiger partial charge < -0.3 is 24.8 Å². The topological polar surface area (TPSA) is 68.8 Å². The number of nitrogens with one attached hydrogen (secondary N) is 2. The Labute approximate surface area is 130 Å². The predicted octanol–water partition coefficient (Wildman–Crippen LogP) is 0.730. The van der Waals surface area contributed by atoms with Crippen LogP contribution in [-0.4, -0.2) is 45.9 Å². The van der Waals surface area contributed by atoms with Gasteiger partial charge in [-0.15, -0.1) is 12.4 Å². The summed E-state index contributed by atoms with van der Waals surface area (Å²) in [6.07, 6.45) is -0.430. The summed E-state index contributed by atoms with van der Waals surface area (Å²) in [7, 11) is 3.20. The molecule has 7 heteroatoms.